The van der Waals surface area contributed by atoms with Crippen LogP contribution in [-0.2, 0) is 26.3 Å². The van der Waals surface area contributed by atoms with Gasteiger partial charge in [0, 0.05) is 36.5 Å². The number of benzene rings is 2. The predicted molar refractivity (Wildman–Crippen MR) is 126 cm³/mol. The zero-order valence-corrected chi connectivity index (χ0v) is 20.8. The van der Waals surface area contributed by atoms with Gasteiger partial charge in [0.15, 0.2) is 0 Å². The second kappa shape index (κ2) is 12.3. The lowest BCUT2D eigenvalue weighted by molar-refractivity contribution is -0.148. The third-order valence-electron chi connectivity index (χ3n) is 4.82. The molecule has 1 amide bonds. The Kier molecular flexibility index (Phi) is 10.7. The van der Waals surface area contributed by atoms with Gasteiger partial charge in [0.2, 0.25) is 5.91 Å². The molecule has 9 heteroatoms. The summed E-state index contributed by atoms with van der Waals surface area (Å²) in [6.07, 6.45) is -0.676. The van der Waals surface area contributed by atoms with Crippen LogP contribution in [0.2, 0.25) is 0 Å². The number of esters is 1. The summed E-state index contributed by atoms with van der Waals surface area (Å²) < 4.78 is 33.7. The lowest BCUT2D eigenvalue weighted by atomic mass is 9.93. The van der Waals surface area contributed by atoms with Gasteiger partial charge in [-0.15, -0.1) is 12.4 Å². The van der Waals surface area contributed by atoms with Crippen LogP contribution in [0.25, 0.3) is 0 Å². The minimum Gasteiger partial charge on any atom is -0.459 e. The Labute approximate surface area is 201 Å². The monoisotopic (exact) mass is 532 g/mol. The Morgan fingerprint density at radius 3 is 2.25 bits per heavy atom. The van der Waals surface area contributed by atoms with Gasteiger partial charge in [0.05, 0.1) is 6.04 Å². The molecule has 0 fully saturated rings. The smallest absolute Gasteiger partial charge is 0.303 e. The van der Waals surface area contributed by atoms with Crippen molar-refractivity contribution in [3.05, 3.63) is 69.7 Å². The van der Waals surface area contributed by atoms with Crippen molar-refractivity contribution < 1.29 is 23.1 Å². The summed E-state index contributed by atoms with van der Waals surface area (Å²) in [4.78, 5) is 23.6. The Hall–Kier alpha value is -2.03. The number of carbonyl (C=O) groups excluding carboxylic acids is 2. The molecule has 0 aliphatic carbocycles. The topological polar surface area (TPSA) is 67.4 Å². The molecule has 32 heavy (non-hydrogen) atoms. The highest BCUT2D eigenvalue weighted by Crippen LogP contribution is 2.24. The Morgan fingerprint density at radius 1 is 1.09 bits per heavy atom. The molecule has 2 unspecified atom stereocenters. The fourth-order valence-corrected chi connectivity index (χ4v) is 3.73. The van der Waals surface area contributed by atoms with Gasteiger partial charge in [-0.3, -0.25) is 9.59 Å². The van der Waals surface area contributed by atoms with Crippen molar-refractivity contribution in [1.82, 2.24) is 10.6 Å². The number of amides is 1. The standard InChI is InChI=1S/C23H27BrF2N2O3.ClH/c1-14(29)28-21(10-16-8-19(25)12-20(26)9-16)22(31-15(2)30)13-27-23(3,4)17-6-5-7-18(24)11-17;/h5-9,11-12,21-22,27H,10,13H2,1-4H3,(H,28,29);1H. The summed E-state index contributed by atoms with van der Waals surface area (Å²) >= 11 is 3.46. The lowest BCUT2D eigenvalue weighted by Crippen LogP contribution is -2.52. The van der Waals surface area contributed by atoms with Crippen LogP contribution in [0.15, 0.2) is 46.9 Å². The molecule has 0 saturated heterocycles. The SMILES string of the molecule is CC(=O)NC(Cc1cc(F)cc(F)c1)C(CNC(C)(C)c1cccc(Br)c1)OC(C)=O.Cl. The van der Waals surface area contributed by atoms with Crippen molar-refractivity contribution in [2.24, 2.45) is 0 Å². The summed E-state index contributed by atoms with van der Waals surface area (Å²) in [7, 11) is 0. The van der Waals surface area contributed by atoms with Crippen LogP contribution in [0, 0.1) is 11.6 Å². The highest BCUT2D eigenvalue weighted by Gasteiger charge is 2.29. The number of halogens is 4. The fourth-order valence-electron chi connectivity index (χ4n) is 3.33. The molecule has 5 nitrogen and oxygen atoms in total. The van der Waals surface area contributed by atoms with E-state index in [4.69, 9.17) is 4.74 Å². The zero-order chi connectivity index (χ0) is 23.2. The summed E-state index contributed by atoms with van der Waals surface area (Å²) in [5, 5.41) is 6.12. The van der Waals surface area contributed by atoms with E-state index in [0.29, 0.717) is 5.56 Å². The van der Waals surface area contributed by atoms with Gasteiger partial charge in [-0.1, -0.05) is 28.1 Å². The van der Waals surface area contributed by atoms with Crippen molar-refractivity contribution in [3.8, 4) is 0 Å². The first-order valence-electron chi connectivity index (χ1n) is 9.86. The summed E-state index contributed by atoms with van der Waals surface area (Å²) in [6.45, 7) is 6.79. The molecule has 176 valence electrons. The van der Waals surface area contributed by atoms with E-state index in [-0.39, 0.29) is 31.3 Å². The first-order valence-corrected chi connectivity index (χ1v) is 10.7. The molecule has 0 spiro atoms. The number of carbonyl (C=O) groups is 2. The van der Waals surface area contributed by atoms with E-state index in [1.54, 1.807) is 0 Å². The number of nitrogens with one attached hydrogen (secondary N) is 2. The van der Waals surface area contributed by atoms with Gasteiger partial charge in [0.1, 0.15) is 17.7 Å². The molecule has 0 heterocycles. The third-order valence-corrected chi connectivity index (χ3v) is 5.32. The molecule has 2 aromatic rings. The van der Waals surface area contributed by atoms with Gasteiger partial charge in [-0.2, -0.15) is 0 Å². The average Bonchev–Trinajstić information content (AvgIpc) is 2.63. The van der Waals surface area contributed by atoms with Crippen LogP contribution in [-0.4, -0.2) is 30.6 Å². The molecule has 0 radical (unpaired) electrons. The molecule has 0 saturated carbocycles. The van der Waals surface area contributed by atoms with Crippen molar-refractivity contribution in [1.29, 1.82) is 0 Å². The first-order chi connectivity index (χ1) is 14.5. The Morgan fingerprint density at radius 2 is 1.72 bits per heavy atom. The van der Waals surface area contributed by atoms with Crippen LogP contribution >= 0.6 is 28.3 Å². The quantitative estimate of drug-likeness (QED) is 0.461. The molecule has 0 aliphatic heterocycles. The highest BCUT2D eigenvalue weighted by atomic mass is 79.9. The summed E-state index contributed by atoms with van der Waals surface area (Å²) in [5.74, 6) is -2.29. The molecular formula is C23H28BrClF2N2O3. The number of ether oxygens (including phenoxy) is 1. The van der Waals surface area contributed by atoms with Crippen molar-refractivity contribution in [2.45, 2.75) is 51.8 Å². The van der Waals surface area contributed by atoms with E-state index in [1.807, 2.05) is 38.1 Å². The maximum Gasteiger partial charge on any atom is 0.303 e. The van der Waals surface area contributed by atoms with E-state index in [1.165, 1.54) is 26.0 Å². The minimum atomic E-state index is -0.765. The van der Waals surface area contributed by atoms with E-state index in [9.17, 15) is 18.4 Å². The maximum atomic E-state index is 13.6. The number of hydrogen-bond donors (Lipinski definition) is 2. The van der Waals surface area contributed by atoms with Crippen molar-refractivity contribution in [2.75, 3.05) is 6.54 Å². The Bertz CT molecular complexity index is 923. The van der Waals surface area contributed by atoms with Crippen LogP contribution in [0.3, 0.4) is 0 Å². The normalized spacial score (nSPS) is 13.0. The van der Waals surface area contributed by atoms with Gasteiger partial charge in [-0.25, -0.2) is 8.78 Å². The third kappa shape index (κ3) is 8.84. The van der Waals surface area contributed by atoms with E-state index in [0.717, 1.165) is 16.1 Å². The van der Waals surface area contributed by atoms with Gasteiger partial charge in [-0.05, 0) is 55.7 Å². The summed E-state index contributed by atoms with van der Waals surface area (Å²) in [5.41, 5.74) is 0.875. The highest BCUT2D eigenvalue weighted by molar-refractivity contribution is 9.10. The van der Waals surface area contributed by atoms with E-state index in [2.05, 4.69) is 26.6 Å². The second-order valence-electron chi connectivity index (χ2n) is 7.95. The molecule has 0 aliphatic rings. The minimum absolute atomic E-state index is 0. The molecule has 0 bridgehead atoms. The first kappa shape index (κ1) is 28.0. The van der Waals surface area contributed by atoms with Gasteiger partial charge < -0.3 is 15.4 Å². The summed E-state index contributed by atoms with van der Waals surface area (Å²) in [6, 6.07) is 10.3. The number of hydrogen-bond acceptors (Lipinski definition) is 4. The van der Waals surface area contributed by atoms with Crippen LogP contribution in [0.4, 0.5) is 8.78 Å². The average molecular weight is 534 g/mol. The molecule has 2 rings (SSSR count). The molecule has 0 aromatic heterocycles. The second-order valence-corrected chi connectivity index (χ2v) is 8.87. The molecule has 2 aromatic carbocycles. The number of rotatable bonds is 9. The zero-order valence-electron chi connectivity index (χ0n) is 18.4. The molecular weight excluding hydrogens is 506 g/mol. The van der Waals surface area contributed by atoms with Gasteiger partial charge >= 0.3 is 5.97 Å². The van der Waals surface area contributed by atoms with E-state index >= 15 is 0 Å². The van der Waals surface area contributed by atoms with Crippen LogP contribution in [0.5, 0.6) is 0 Å². The van der Waals surface area contributed by atoms with E-state index < -0.39 is 35.3 Å². The fraction of sp³-hybridized carbons (Fsp3) is 0.391. The lowest BCUT2D eigenvalue weighted by Gasteiger charge is -2.33. The van der Waals surface area contributed by atoms with Crippen molar-refractivity contribution >= 4 is 40.2 Å². The molecule has 2 atom stereocenters. The van der Waals surface area contributed by atoms with Crippen LogP contribution in [0.1, 0.15) is 38.8 Å². The largest absolute Gasteiger partial charge is 0.459 e. The van der Waals surface area contributed by atoms with Crippen molar-refractivity contribution in [3.63, 3.8) is 0 Å². The Balaban J connectivity index is 0.00000512. The van der Waals surface area contributed by atoms with Gasteiger partial charge in [0.25, 0.3) is 0 Å². The van der Waals surface area contributed by atoms with Crippen LogP contribution < -0.4 is 10.6 Å². The molecule has 2 N–H and O–H groups in total. The predicted octanol–water partition coefficient (Wildman–Crippen LogP) is 4.65. The maximum absolute atomic E-state index is 13.6.